The second kappa shape index (κ2) is 11.1. The SMILES string of the molecule is CC[C@H](C(=O)N[C@@H](C)CC)N(Cc1ccccc1C)C(=O)Cc1c(F)cccc1Cl. The Morgan fingerprint density at radius 3 is 2.40 bits per heavy atom. The fourth-order valence-corrected chi connectivity index (χ4v) is 3.52. The quantitative estimate of drug-likeness (QED) is 0.602. The van der Waals surface area contributed by atoms with Gasteiger partial charge in [0.1, 0.15) is 11.9 Å². The van der Waals surface area contributed by atoms with Gasteiger partial charge in [-0.3, -0.25) is 9.59 Å². The summed E-state index contributed by atoms with van der Waals surface area (Å²) in [6, 6.07) is 11.4. The van der Waals surface area contributed by atoms with Crippen LogP contribution in [0.4, 0.5) is 4.39 Å². The van der Waals surface area contributed by atoms with Crippen LogP contribution >= 0.6 is 11.6 Å². The highest BCUT2D eigenvalue weighted by Gasteiger charge is 2.30. The summed E-state index contributed by atoms with van der Waals surface area (Å²) in [5.74, 6) is -1.06. The first-order chi connectivity index (χ1) is 14.3. The maximum atomic E-state index is 14.3. The molecule has 6 heteroatoms. The van der Waals surface area contributed by atoms with Gasteiger partial charge < -0.3 is 10.2 Å². The molecule has 0 aliphatic rings. The van der Waals surface area contributed by atoms with E-state index in [9.17, 15) is 14.0 Å². The molecule has 0 saturated carbocycles. The zero-order valence-corrected chi connectivity index (χ0v) is 18.8. The molecule has 0 saturated heterocycles. The van der Waals surface area contributed by atoms with E-state index < -0.39 is 11.9 Å². The monoisotopic (exact) mass is 432 g/mol. The minimum atomic E-state index is -0.656. The highest BCUT2D eigenvalue weighted by atomic mass is 35.5. The first-order valence-electron chi connectivity index (χ1n) is 10.4. The Labute approximate surface area is 183 Å². The third-order valence-corrected chi connectivity index (χ3v) is 5.73. The van der Waals surface area contributed by atoms with Crippen molar-refractivity contribution >= 4 is 23.4 Å². The number of amides is 2. The molecule has 2 rings (SSSR count). The number of nitrogens with one attached hydrogen (secondary N) is 1. The number of nitrogens with zero attached hydrogens (tertiary/aromatic N) is 1. The first-order valence-corrected chi connectivity index (χ1v) is 10.7. The molecule has 30 heavy (non-hydrogen) atoms. The average Bonchev–Trinajstić information content (AvgIpc) is 2.71. The number of hydrogen-bond donors (Lipinski definition) is 1. The third kappa shape index (κ3) is 6.05. The van der Waals surface area contributed by atoms with Crippen LogP contribution in [0.25, 0.3) is 0 Å². The largest absolute Gasteiger partial charge is 0.352 e. The summed E-state index contributed by atoms with van der Waals surface area (Å²) < 4.78 is 14.3. The lowest BCUT2D eigenvalue weighted by atomic mass is 10.0. The zero-order chi connectivity index (χ0) is 22.3. The number of rotatable bonds is 9. The van der Waals surface area contributed by atoms with E-state index in [0.717, 1.165) is 17.5 Å². The Morgan fingerprint density at radius 1 is 1.10 bits per heavy atom. The fraction of sp³-hybridized carbons (Fsp3) is 0.417. The van der Waals surface area contributed by atoms with Gasteiger partial charge in [-0.1, -0.05) is 55.8 Å². The van der Waals surface area contributed by atoms with Gasteiger partial charge in [-0.05, 0) is 49.9 Å². The van der Waals surface area contributed by atoms with Crippen molar-refractivity contribution in [2.75, 3.05) is 0 Å². The van der Waals surface area contributed by atoms with Crippen LogP contribution in [0, 0.1) is 12.7 Å². The highest BCUT2D eigenvalue weighted by Crippen LogP contribution is 2.22. The molecule has 0 spiro atoms. The second-order valence-electron chi connectivity index (χ2n) is 7.57. The Bertz CT molecular complexity index is 867. The van der Waals surface area contributed by atoms with Gasteiger partial charge in [-0.25, -0.2) is 4.39 Å². The van der Waals surface area contributed by atoms with E-state index in [0.29, 0.717) is 6.42 Å². The maximum absolute atomic E-state index is 14.3. The number of carbonyl (C=O) groups is 2. The smallest absolute Gasteiger partial charge is 0.243 e. The molecule has 2 aromatic carbocycles. The van der Waals surface area contributed by atoms with E-state index in [1.807, 2.05) is 52.0 Å². The van der Waals surface area contributed by atoms with Crippen molar-refractivity contribution in [1.82, 2.24) is 10.2 Å². The van der Waals surface area contributed by atoms with E-state index >= 15 is 0 Å². The van der Waals surface area contributed by atoms with E-state index in [1.165, 1.54) is 12.1 Å². The first kappa shape index (κ1) is 23.9. The summed E-state index contributed by atoms with van der Waals surface area (Å²) in [6.45, 7) is 8.02. The van der Waals surface area contributed by atoms with Crippen LogP contribution in [-0.4, -0.2) is 28.8 Å². The van der Waals surface area contributed by atoms with E-state index in [1.54, 1.807) is 11.0 Å². The van der Waals surface area contributed by atoms with Crippen LogP contribution in [-0.2, 0) is 22.6 Å². The van der Waals surface area contributed by atoms with Crippen LogP contribution in [0.5, 0.6) is 0 Å². The Hall–Kier alpha value is -2.40. The van der Waals surface area contributed by atoms with Gasteiger partial charge in [0.15, 0.2) is 0 Å². The third-order valence-electron chi connectivity index (χ3n) is 5.38. The zero-order valence-electron chi connectivity index (χ0n) is 18.0. The summed E-state index contributed by atoms with van der Waals surface area (Å²) in [5, 5.41) is 3.17. The van der Waals surface area contributed by atoms with Crippen molar-refractivity contribution in [3.63, 3.8) is 0 Å². The summed E-state index contributed by atoms with van der Waals surface area (Å²) in [6.07, 6.45) is 1.04. The van der Waals surface area contributed by atoms with Crippen molar-refractivity contribution in [2.45, 2.75) is 65.6 Å². The van der Waals surface area contributed by atoms with Crippen molar-refractivity contribution in [3.8, 4) is 0 Å². The standard InChI is InChI=1S/C24H30ClFN2O2/c1-5-17(4)27-24(30)22(6-2)28(15-18-11-8-7-10-16(18)3)23(29)14-19-20(25)12-9-13-21(19)26/h7-13,17,22H,5-6,14-15H2,1-4H3,(H,27,30)/t17-,22+/m0/s1. The summed E-state index contributed by atoms with van der Waals surface area (Å²) in [4.78, 5) is 27.8. The normalized spacial score (nSPS) is 12.9. The molecular weight excluding hydrogens is 403 g/mol. The molecule has 0 heterocycles. The number of halogens is 2. The molecule has 2 atom stereocenters. The lowest BCUT2D eigenvalue weighted by Gasteiger charge is -2.32. The van der Waals surface area contributed by atoms with Crippen LogP contribution in [0.3, 0.4) is 0 Å². The predicted octanol–water partition coefficient (Wildman–Crippen LogP) is 5.05. The van der Waals surface area contributed by atoms with Crippen molar-refractivity contribution in [2.24, 2.45) is 0 Å². The van der Waals surface area contributed by atoms with Crippen LogP contribution in [0.2, 0.25) is 5.02 Å². The number of aryl methyl sites for hydroxylation is 1. The van der Waals surface area contributed by atoms with E-state index in [2.05, 4.69) is 5.32 Å². The molecule has 1 N–H and O–H groups in total. The number of hydrogen-bond acceptors (Lipinski definition) is 2. The molecule has 0 fully saturated rings. The van der Waals surface area contributed by atoms with Crippen molar-refractivity contribution < 1.29 is 14.0 Å². The molecule has 4 nitrogen and oxygen atoms in total. The Balaban J connectivity index is 2.37. The Morgan fingerprint density at radius 2 is 1.80 bits per heavy atom. The summed E-state index contributed by atoms with van der Waals surface area (Å²) in [5.41, 5.74) is 2.12. The predicted molar refractivity (Wildman–Crippen MR) is 119 cm³/mol. The summed E-state index contributed by atoms with van der Waals surface area (Å²) >= 11 is 6.14. The van der Waals surface area contributed by atoms with E-state index in [4.69, 9.17) is 11.6 Å². The molecule has 0 bridgehead atoms. The van der Waals surface area contributed by atoms with Gasteiger partial charge in [-0.2, -0.15) is 0 Å². The molecule has 0 aromatic heterocycles. The summed E-state index contributed by atoms with van der Waals surface area (Å²) in [7, 11) is 0. The van der Waals surface area contributed by atoms with Gasteiger partial charge in [0, 0.05) is 23.2 Å². The van der Waals surface area contributed by atoms with Gasteiger partial charge in [0.25, 0.3) is 0 Å². The second-order valence-corrected chi connectivity index (χ2v) is 7.97. The van der Waals surface area contributed by atoms with Crippen LogP contribution in [0.15, 0.2) is 42.5 Å². The lowest BCUT2D eigenvalue weighted by Crippen LogP contribution is -2.51. The van der Waals surface area contributed by atoms with Crippen molar-refractivity contribution in [1.29, 1.82) is 0 Å². The number of benzene rings is 2. The number of carbonyl (C=O) groups excluding carboxylic acids is 2. The minimum absolute atomic E-state index is 0.00276. The fourth-order valence-electron chi connectivity index (χ4n) is 3.29. The highest BCUT2D eigenvalue weighted by molar-refractivity contribution is 6.31. The molecule has 2 amide bonds. The lowest BCUT2D eigenvalue weighted by molar-refractivity contribution is -0.141. The van der Waals surface area contributed by atoms with Gasteiger partial charge in [-0.15, -0.1) is 0 Å². The van der Waals surface area contributed by atoms with Gasteiger partial charge in [0.05, 0.1) is 6.42 Å². The molecule has 2 aromatic rings. The van der Waals surface area contributed by atoms with Crippen LogP contribution < -0.4 is 5.32 Å². The topological polar surface area (TPSA) is 49.4 Å². The molecule has 0 aliphatic carbocycles. The molecule has 162 valence electrons. The van der Waals surface area contributed by atoms with Crippen LogP contribution in [0.1, 0.15) is 50.3 Å². The average molecular weight is 433 g/mol. The van der Waals surface area contributed by atoms with Gasteiger partial charge in [0.2, 0.25) is 11.8 Å². The Kier molecular flexibility index (Phi) is 8.85. The van der Waals surface area contributed by atoms with Crippen molar-refractivity contribution in [3.05, 3.63) is 70.0 Å². The molecule has 0 unspecified atom stereocenters. The molecule has 0 aliphatic heterocycles. The van der Waals surface area contributed by atoms with E-state index in [-0.39, 0.29) is 41.4 Å². The molecular formula is C24H30ClFN2O2. The van der Waals surface area contributed by atoms with Gasteiger partial charge >= 0.3 is 0 Å². The minimum Gasteiger partial charge on any atom is -0.352 e. The maximum Gasteiger partial charge on any atom is 0.243 e. The molecule has 0 radical (unpaired) electrons.